The van der Waals surface area contributed by atoms with Gasteiger partial charge in [-0.1, -0.05) is 102 Å². The zero-order valence-electron chi connectivity index (χ0n) is 38.1. The molecule has 1 unspecified atom stereocenters. The van der Waals surface area contributed by atoms with Crippen LogP contribution in [-0.2, 0) is 55.1 Å². The van der Waals surface area contributed by atoms with Gasteiger partial charge in [0.1, 0.15) is 31.0 Å². The Balaban J connectivity index is 0.965. The summed E-state index contributed by atoms with van der Waals surface area (Å²) in [6.45, 7) is 1.79. The van der Waals surface area contributed by atoms with Crippen LogP contribution in [0.4, 0.5) is 5.13 Å². The minimum Gasteiger partial charge on any atom is -0.489 e. The van der Waals surface area contributed by atoms with E-state index in [-0.39, 0.29) is 59.5 Å². The first-order chi connectivity index (χ1) is 33.8. The average molecular weight is 1020 g/mol. The van der Waals surface area contributed by atoms with E-state index in [1.165, 1.54) is 7.11 Å². The number of ether oxygens (including phenoxy) is 4. The Bertz CT molecular complexity index is 3100. The van der Waals surface area contributed by atoms with Gasteiger partial charge >= 0.3 is 5.97 Å². The number of esters is 1. The van der Waals surface area contributed by atoms with Crippen molar-refractivity contribution < 1.29 is 41.7 Å². The minimum atomic E-state index is -4.48. The van der Waals surface area contributed by atoms with Crippen LogP contribution in [-0.4, -0.2) is 61.3 Å². The summed E-state index contributed by atoms with van der Waals surface area (Å²) in [5.74, 6) is -0.331. The lowest BCUT2D eigenvalue weighted by Gasteiger charge is -2.36. The molecule has 1 aliphatic carbocycles. The molecule has 3 aliphatic rings. The number of rotatable bonds is 14. The molecule has 18 heteroatoms. The summed E-state index contributed by atoms with van der Waals surface area (Å²) in [5, 5.41) is 15.9. The van der Waals surface area contributed by atoms with Gasteiger partial charge in [0.2, 0.25) is 11.8 Å². The lowest BCUT2D eigenvalue weighted by molar-refractivity contribution is -0.145. The summed E-state index contributed by atoms with van der Waals surface area (Å²) >= 11 is 13.1. The number of amides is 2. The quantitative estimate of drug-likeness (QED) is 0.0990. The summed E-state index contributed by atoms with van der Waals surface area (Å²) in [7, 11) is -3.26. The molecule has 0 saturated heterocycles. The van der Waals surface area contributed by atoms with Gasteiger partial charge in [0.05, 0.1) is 34.5 Å². The molecule has 9 rings (SSSR count). The Labute approximate surface area is 419 Å². The van der Waals surface area contributed by atoms with Gasteiger partial charge in [-0.3, -0.25) is 9.59 Å². The van der Waals surface area contributed by atoms with E-state index in [9.17, 15) is 28.1 Å². The van der Waals surface area contributed by atoms with Crippen molar-refractivity contribution in [1.82, 2.24) is 14.6 Å². The number of benzene rings is 5. The van der Waals surface area contributed by atoms with Crippen molar-refractivity contribution in [3.8, 4) is 34.4 Å². The number of fused-ring (bicyclic) bond motifs is 2. The second kappa shape index (κ2) is 20.9. The second-order valence-electron chi connectivity index (χ2n) is 17.4. The number of nitriles is 1. The molecule has 2 amide bonds. The SMILES string of the molecule is COC(=O)C(Cc1ccc(-c2ccc(C#N)cc2)cc1)NC(=O)[C@@H]1Cc2cc3c(cc2CN1S(=O)(=O)c1sc(NC(=O)C2CCCC2)nc1C)O[C@@H](c1ccc(OCc2ccc(Cl)c(Cl)c2)cc1)CO3. The number of hydrogen-bond donors (Lipinski definition) is 2. The number of methoxy groups -OCH3 is 1. The van der Waals surface area contributed by atoms with Gasteiger partial charge in [-0.15, -0.1) is 0 Å². The molecule has 360 valence electrons. The number of nitrogens with one attached hydrogen (secondary N) is 2. The number of carbonyl (C=O) groups excluding carboxylic acids is 3. The van der Waals surface area contributed by atoms with Gasteiger partial charge in [0, 0.05) is 18.9 Å². The first kappa shape index (κ1) is 48.5. The molecule has 3 atom stereocenters. The lowest BCUT2D eigenvalue weighted by Crippen LogP contribution is -2.56. The maximum Gasteiger partial charge on any atom is 0.328 e. The summed E-state index contributed by atoms with van der Waals surface area (Å²) < 4.78 is 54.8. The fourth-order valence-electron chi connectivity index (χ4n) is 8.93. The first-order valence-electron chi connectivity index (χ1n) is 22.7. The summed E-state index contributed by atoms with van der Waals surface area (Å²) in [6, 6.07) is 30.5. The molecule has 6 aromatic rings. The molecule has 3 heterocycles. The fraction of sp³-hybridized carbons (Fsp3) is 0.288. The van der Waals surface area contributed by atoms with Crippen molar-refractivity contribution in [3.05, 3.63) is 152 Å². The van der Waals surface area contributed by atoms with E-state index in [4.69, 9.17) is 42.1 Å². The summed E-state index contributed by atoms with van der Waals surface area (Å²) in [4.78, 5) is 45.5. The molecule has 2 aliphatic heterocycles. The normalized spacial score (nSPS) is 17.2. The van der Waals surface area contributed by atoms with Crippen molar-refractivity contribution >= 4 is 67.5 Å². The highest BCUT2D eigenvalue weighted by Gasteiger charge is 2.43. The van der Waals surface area contributed by atoms with E-state index in [0.29, 0.717) is 49.5 Å². The minimum absolute atomic E-state index is 0.0501. The molecule has 2 N–H and O–H groups in total. The van der Waals surface area contributed by atoms with Crippen LogP contribution in [0.25, 0.3) is 11.1 Å². The van der Waals surface area contributed by atoms with Crippen molar-refractivity contribution in [2.45, 2.75) is 81.0 Å². The molecule has 14 nitrogen and oxygen atoms in total. The van der Waals surface area contributed by atoms with Crippen molar-refractivity contribution in [1.29, 1.82) is 5.26 Å². The van der Waals surface area contributed by atoms with Crippen LogP contribution < -0.4 is 24.8 Å². The Hall–Kier alpha value is -6.48. The number of aromatic nitrogens is 1. The molecule has 0 bridgehead atoms. The van der Waals surface area contributed by atoms with E-state index in [1.54, 1.807) is 43.3 Å². The number of hydrogen-bond acceptors (Lipinski definition) is 12. The zero-order chi connectivity index (χ0) is 49.1. The molecule has 5 aromatic carbocycles. The van der Waals surface area contributed by atoms with Crippen LogP contribution >= 0.6 is 34.5 Å². The Morgan fingerprint density at radius 1 is 0.886 bits per heavy atom. The van der Waals surface area contributed by atoms with Crippen LogP contribution in [0.1, 0.15) is 70.9 Å². The molecule has 1 aromatic heterocycles. The predicted octanol–water partition coefficient (Wildman–Crippen LogP) is 9.53. The Kier molecular flexibility index (Phi) is 14.5. The third-order valence-corrected chi connectivity index (χ3v) is 17.0. The molecule has 0 spiro atoms. The number of nitrogens with zero attached hydrogens (tertiary/aromatic N) is 3. The highest BCUT2D eigenvalue weighted by molar-refractivity contribution is 7.91. The summed E-state index contributed by atoms with van der Waals surface area (Å²) in [6.07, 6.45) is 2.88. The van der Waals surface area contributed by atoms with Gasteiger partial charge in [0.25, 0.3) is 10.0 Å². The highest BCUT2D eigenvalue weighted by atomic mass is 35.5. The molecular formula is C52H47Cl2N5O9S2. The van der Waals surface area contributed by atoms with Crippen LogP contribution in [0, 0.1) is 24.2 Å². The monoisotopic (exact) mass is 1020 g/mol. The van der Waals surface area contributed by atoms with E-state index in [1.807, 2.05) is 66.7 Å². The van der Waals surface area contributed by atoms with E-state index >= 15 is 0 Å². The topological polar surface area (TPSA) is 186 Å². The average Bonchev–Trinajstić information content (AvgIpc) is 4.06. The van der Waals surface area contributed by atoms with Crippen molar-refractivity contribution in [3.63, 3.8) is 0 Å². The van der Waals surface area contributed by atoms with Crippen LogP contribution in [0.15, 0.2) is 107 Å². The van der Waals surface area contributed by atoms with Crippen molar-refractivity contribution in [2.24, 2.45) is 5.92 Å². The van der Waals surface area contributed by atoms with Gasteiger partial charge in [-0.2, -0.15) is 9.57 Å². The Morgan fingerprint density at radius 3 is 2.26 bits per heavy atom. The lowest BCUT2D eigenvalue weighted by atomic mass is 9.93. The van der Waals surface area contributed by atoms with Crippen LogP contribution in [0.3, 0.4) is 0 Å². The van der Waals surface area contributed by atoms with Crippen LogP contribution in [0.2, 0.25) is 10.0 Å². The molecule has 70 heavy (non-hydrogen) atoms. The maximum absolute atomic E-state index is 15.0. The van der Waals surface area contributed by atoms with E-state index in [2.05, 4.69) is 21.7 Å². The molecular weight excluding hydrogens is 974 g/mol. The summed E-state index contributed by atoms with van der Waals surface area (Å²) in [5.41, 5.74) is 6.15. The number of aryl methyl sites for hydroxylation is 1. The van der Waals surface area contributed by atoms with Gasteiger partial charge in [0.15, 0.2) is 26.9 Å². The standard InChI is InChI=1S/C52H47Cl2N5O9S2/c1-30-51(69-52(56-30)58-48(60)37-5-3-4-6-37)70(63,64)59-27-39-25-46-45(67-29-47(68-46)36-16-18-40(19-17-36)66-28-33-11-20-41(53)42(54)21-33)24-38(39)23-44(59)49(61)57-43(50(62)65-2)22-31-7-12-34(13-8-31)35-14-9-32(26-55)10-15-35/h7-21,24-25,37,43-44,47H,3-6,22-23,27-29H2,1-2H3,(H,57,61)(H,56,58,60)/t43?,44-,47+/m0/s1. The van der Waals surface area contributed by atoms with Gasteiger partial charge in [-0.05, 0) is 114 Å². The maximum atomic E-state index is 15.0. The Morgan fingerprint density at radius 2 is 1.57 bits per heavy atom. The van der Waals surface area contributed by atoms with Crippen molar-refractivity contribution in [2.75, 3.05) is 19.0 Å². The third kappa shape index (κ3) is 10.6. The van der Waals surface area contributed by atoms with E-state index in [0.717, 1.165) is 63.6 Å². The first-order valence-corrected chi connectivity index (χ1v) is 25.7. The highest BCUT2D eigenvalue weighted by Crippen LogP contribution is 2.43. The molecule has 1 saturated carbocycles. The number of halogens is 2. The number of anilines is 1. The smallest absolute Gasteiger partial charge is 0.328 e. The van der Waals surface area contributed by atoms with Crippen LogP contribution in [0.5, 0.6) is 17.2 Å². The number of thiazole rings is 1. The third-order valence-electron chi connectivity index (χ3n) is 12.8. The number of sulfonamides is 1. The number of carbonyl (C=O) groups is 3. The predicted molar refractivity (Wildman–Crippen MR) is 264 cm³/mol. The molecule has 0 radical (unpaired) electrons. The van der Waals surface area contributed by atoms with Gasteiger partial charge in [-0.25, -0.2) is 18.2 Å². The largest absolute Gasteiger partial charge is 0.489 e. The zero-order valence-corrected chi connectivity index (χ0v) is 41.2. The second-order valence-corrected chi connectivity index (χ2v) is 21.3. The fourth-order valence-corrected chi connectivity index (χ4v) is 12.3. The van der Waals surface area contributed by atoms with Gasteiger partial charge < -0.3 is 29.6 Å². The molecule has 1 fully saturated rings. The van der Waals surface area contributed by atoms with E-state index < -0.39 is 40.1 Å².